The first kappa shape index (κ1) is 15.2. The summed E-state index contributed by atoms with van der Waals surface area (Å²) in [6.07, 6.45) is 3.10. The quantitative estimate of drug-likeness (QED) is 0.922. The van der Waals surface area contributed by atoms with Crippen LogP contribution < -0.4 is 14.8 Å². The highest BCUT2D eigenvalue weighted by Gasteiger charge is 2.29. The molecule has 5 heteroatoms. The van der Waals surface area contributed by atoms with Gasteiger partial charge in [-0.1, -0.05) is 18.6 Å². The lowest BCUT2D eigenvalue weighted by atomic mass is 10.0. The molecule has 0 saturated carbocycles. The minimum absolute atomic E-state index is 0.0366. The predicted octanol–water partition coefficient (Wildman–Crippen LogP) is 1.82. The minimum atomic E-state index is -0.109. The van der Waals surface area contributed by atoms with Crippen LogP contribution in [0.1, 0.15) is 26.2 Å². The van der Waals surface area contributed by atoms with Crippen molar-refractivity contribution in [3.05, 3.63) is 24.3 Å². The van der Waals surface area contributed by atoms with Gasteiger partial charge in [-0.15, -0.1) is 0 Å². The highest BCUT2D eigenvalue weighted by Crippen LogP contribution is 2.31. The number of carbonyl (C=O) groups is 1. The number of hydrogen-bond acceptors (Lipinski definition) is 4. The Labute approximate surface area is 131 Å². The first-order chi connectivity index (χ1) is 10.8. The molecular formula is C17H24N2O3. The standard InChI is InChI=1S/C17H24N2O3/c1-2-19(17(20)14-7-5-6-10-18-14)11-13-12-21-15-8-3-4-9-16(15)22-13/h3-4,8-9,13-14,18H,2,5-7,10-12H2,1H3/t13?,14-/m1/s1. The SMILES string of the molecule is CCN(CC1COc2ccccc2O1)C(=O)[C@H]1CCCCN1. The van der Waals surface area contributed by atoms with Crippen LogP contribution in [0.5, 0.6) is 11.5 Å². The smallest absolute Gasteiger partial charge is 0.239 e. The second-order valence-electron chi connectivity index (χ2n) is 5.88. The van der Waals surface area contributed by atoms with Crippen molar-refractivity contribution in [1.29, 1.82) is 0 Å². The molecule has 1 fully saturated rings. The number of rotatable bonds is 4. The van der Waals surface area contributed by atoms with E-state index in [1.165, 1.54) is 0 Å². The number of piperidine rings is 1. The lowest BCUT2D eigenvalue weighted by Crippen LogP contribution is -2.52. The molecule has 0 spiro atoms. The first-order valence-electron chi connectivity index (χ1n) is 8.18. The summed E-state index contributed by atoms with van der Waals surface area (Å²) in [5, 5.41) is 3.32. The largest absolute Gasteiger partial charge is 0.486 e. The molecule has 5 nitrogen and oxygen atoms in total. The number of fused-ring (bicyclic) bond motifs is 1. The van der Waals surface area contributed by atoms with Gasteiger partial charge in [0.1, 0.15) is 6.61 Å². The maximum atomic E-state index is 12.6. The molecule has 3 rings (SSSR count). The fourth-order valence-corrected chi connectivity index (χ4v) is 3.06. The summed E-state index contributed by atoms with van der Waals surface area (Å²) in [6, 6.07) is 7.63. The van der Waals surface area contributed by atoms with E-state index >= 15 is 0 Å². The van der Waals surface area contributed by atoms with Crippen molar-refractivity contribution < 1.29 is 14.3 Å². The molecule has 0 bridgehead atoms. The summed E-state index contributed by atoms with van der Waals surface area (Å²) in [5.74, 6) is 1.73. The van der Waals surface area contributed by atoms with Gasteiger partial charge in [0.15, 0.2) is 17.6 Å². The maximum Gasteiger partial charge on any atom is 0.239 e. The van der Waals surface area contributed by atoms with Crippen LogP contribution in [0.3, 0.4) is 0 Å². The second-order valence-corrected chi connectivity index (χ2v) is 5.88. The van der Waals surface area contributed by atoms with Crippen LogP contribution in [0.25, 0.3) is 0 Å². The normalized spacial score (nSPS) is 23.9. The van der Waals surface area contributed by atoms with E-state index in [0.717, 1.165) is 37.3 Å². The van der Waals surface area contributed by atoms with Crippen molar-refractivity contribution in [2.24, 2.45) is 0 Å². The van der Waals surface area contributed by atoms with Crippen molar-refractivity contribution >= 4 is 5.91 Å². The van der Waals surface area contributed by atoms with Crippen molar-refractivity contribution in [2.75, 3.05) is 26.2 Å². The van der Waals surface area contributed by atoms with Gasteiger partial charge in [-0.25, -0.2) is 0 Å². The zero-order chi connectivity index (χ0) is 15.4. The van der Waals surface area contributed by atoms with Crippen LogP contribution in [0.15, 0.2) is 24.3 Å². The van der Waals surface area contributed by atoms with E-state index < -0.39 is 0 Å². The molecule has 120 valence electrons. The highest BCUT2D eigenvalue weighted by molar-refractivity contribution is 5.82. The lowest BCUT2D eigenvalue weighted by molar-refractivity contribution is -0.135. The summed E-state index contributed by atoms with van der Waals surface area (Å²) < 4.78 is 11.7. The van der Waals surface area contributed by atoms with Gasteiger partial charge in [0.25, 0.3) is 0 Å². The lowest BCUT2D eigenvalue weighted by Gasteiger charge is -2.33. The van der Waals surface area contributed by atoms with Gasteiger partial charge >= 0.3 is 0 Å². The van der Waals surface area contributed by atoms with Gasteiger partial charge in [-0.3, -0.25) is 4.79 Å². The molecule has 1 aromatic rings. The number of carbonyl (C=O) groups excluding carboxylic acids is 1. The van der Waals surface area contributed by atoms with Crippen LogP contribution >= 0.6 is 0 Å². The molecule has 1 N–H and O–H groups in total. The van der Waals surface area contributed by atoms with E-state index in [0.29, 0.717) is 19.7 Å². The Kier molecular flexibility index (Phi) is 4.83. The molecule has 2 aliphatic heterocycles. The molecule has 2 atom stereocenters. The van der Waals surface area contributed by atoms with Crippen molar-refractivity contribution in [3.63, 3.8) is 0 Å². The number of para-hydroxylation sites is 2. The summed E-state index contributed by atoms with van der Waals surface area (Å²) in [5.41, 5.74) is 0. The fraction of sp³-hybridized carbons (Fsp3) is 0.588. The Morgan fingerprint density at radius 2 is 2.14 bits per heavy atom. The third kappa shape index (κ3) is 3.35. The number of ether oxygens (including phenoxy) is 2. The second kappa shape index (κ2) is 7.01. The van der Waals surface area contributed by atoms with Gasteiger partial charge in [0.05, 0.1) is 12.6 Å². The van der Waals surface area contributed by atoms with Crippen molar-refractivity contribution in [3.8, 4) is 11.5 Å². The number of nitrogens with one attached hydrogen (secondary N) is 1. The van der Waals surface area contributed by atoms with Crippen LogP contribution in [-0.4, -0.2) is 49.2 Å². The van der Waals surface area contributed by atoms with E-state index in [1.54, 1.807) is 0 Å². The Hall–Kier alpha value is -1.75. The zero-order valence-corrected chi connectivity index (χ0v) is 13.1. The Morgan fingerprint density at radius 1 is 1.32 bits per heavy atom. The first-order valence-corrected chi connectivity index (χ1v) is 8.18. The summed E-state index contributed by atoms with van der Waals surface area (Å²) >= 11 is 0. The van der Waals surface area contributed by atoms with E-state index in [4.69, 9.17) is 9.47 Å². The van der Waals surface area contributed by atoms with Crippen LogP contribution in [-0.2, 0) is 4.79 Å². The van der Waals surface area contributed by atoms with E-state index in [1.807, 2.05) is 36.1 Å². The molecule has 1 saturated heterocycles. The van der Waals surface area contributed by atoms with Crippen LogP contribution in [0.2, 0.25) is 0 Å². The molecule has 22 heavy (non-hydrogen) atoms. The van der Waals surface area contributed by atoms with E-state index in [2.05, 4.69) is 5.32 Å². The third-order valence-corrected chi connectivity index (χ3v) is 4.29. The molecule has 0 aromatic heterocycles. The molecular weight excluding hydrogens is 280 g/mol. The third-order valence-electron chi connectivity index (χ3n) is 4.29. The summed E-state index contributed by atoms with van der Waals surface area (Å²) in [7, 11) is 0. The van der Waals surface area contributed by atoms with Crippen molar-refractivity contribution in [2.45, 2.75) is 38.3 Å². The minimum Gasteiger partial charge on any atom is -0.486 e. The highest BCUT2D eigenvalue weighted by atomic mass is 16.6. The average Bonchev–Trinajstić information content (AvgIpc) is 2.59. The van der Waals surface area contributed by atoms with Gasteiger partial charge in [-0.05, 0) is 38.4 Å². The fourth-order valence-electron chi connectivity index (χ4n) is 3.06. The van der Waals surface area contributed by atoms with E-state index in [-0.39, 0.29) is 18.1 Å². The Balaban J connectivity index is 1.60. The van der Waals surface area contributed by atoms with Gasteiger partial charge < -0.3 is 19.7 Å². The monoisotopic (exact) mass is 304 g/mol. The summed E-state index contributed by atoms with van der Waals surface area (Å²) in [6.45, 7) is 4.70. The number of benzene rings is 1. The molecule has 0 radical (unpaired) electrons. The molecule has 1 aromatic carbocycles. The Bertz CT molecular complexity index is 514. The van der Waals surface area contributed by atoms with Crippen LogP contribution in [0, 0.1) is 0 Å². The van der Waals surface area contributed by atoms with Crippen molar-refractivity contribution in [1.82, 2.24) is 10.2 Å². The van der Waals surface area contributed by atoms with E-state index in [9.17, 15) is 4.79 Å². The van der Waals surface area contributed by atoms with Gasteiger partial charge in [0, 0.05) is 6.54 Å². The number of nitrogens with zero attached hydrogens (tertiary/aromatic N) is 1. The molecule has 2 aliphatic rings. The number of amides is 1. The number of hydrogen-bond donors (Lipinski definition) is 1. The zero-order valence-electron chi connectivity index (χ0n) is 13.1. The number of likely N-dealkylation sites (N-methyl/N-ethyl adjacent to an activating group) is 1. The average molecular weight is 304 g/mol. The summed E-state index contributed by atoms with van der Waals surface area (Å²) in [4.78, 5) is 14.5. The van der Waals surface area contributed by atoms with Gasteiger partial charge in [0.2, 0.25) is 5.91 Å². The Morgan fingerprint density at radius 3 is 2.86 bits per heavy atom. The molecule has 1 unspecified atom stereocenters. The van der Waals surface area contributed by atoms with Gasteiger partial charge in [-0.2, -0.15) is 0 Å². The maximum absolute atomic E-state index is 12.6. The molecule has 1 amide bonds. The molecule has 2 heterocycles. The molecule has 0 aliphatic carbocycles. The predicted molar refractivity (Wildman–Crippen MR) is 84.2 cm³/mol. The van der Waals surface area contributed by atoms with Crippen LogP contribution in [0.4, 0.5) is 0 Å². The topological polar surface area (TPSA) is 50.8 Å².